The number of carbonyl (C=O) groups is 1. The van der Waals surface area contributed by atoms with E-state index in [1.165, 1.54) is 0 Å². The van der Waals surface area contributed by atoms with Crippen LogP contribution in [0.5, 0.6) is 5.75 Å². The molecule has 3 heterocycles. The number of para-hydroxylation sites is 1. The zero-order chi connectivity index (χ0) is 20.2. The predicted octanol–water partition coefficient (Wildman–Crippen LogP) is 3.36. The zero-order valence-electron chi connectivity index (χ0n) is 15.8. The van der Waals surface area contributed by atoms with E-state index in [2.05, 4.69) is 11.1 Å². The molecule has 6 nitrogen and oxygen atoms in total. The summed E-state index contributed by atoms with van der Waals surface area (Å²) in [6.07, 6.45) is 2.46. The van der Waals surface area contributed by atoms with Gasteiger partial charge >= 0.3 is 0 Å². The van der Waals surface area contributed by atoms with Gasteiger partial charge in [-0.1, -0.05) is 43.3 Å². The largest absolute Gasteiger partial charge is 0.438 e. The highest BCUT2D eigenvalue weighted by molar-refractivity contribution is 6.15. The average Bonchev–Trinajstić information content (AvgIpc) is 2.98. The van der Waals surface area contributed by atoms with Crippen molar-refractivity contribution in [2.45, 2.75) is 18.8 Å². The van der Waals surface area contributed by atoms with Gasteiger partial charge in [-0.2, -0.15) is 5.26 Å². The summed E-state index contributed by atoms with van der Waals surface area (Å²) in [7, 11) is 0. The number of hydrogen-bond donors (Lipinski definition) is 1. The smallest absolute Gasteiger partial charge is 0.247 e. The molecule has 1 atom stereocenters. The van der Waals surface area contributed by atoms with E-state index in [9.17, 15) is 10.1 Å². The predicted molar refractivity (Wildman–Crippen MR) is 109 cm³/mol. The molecule has 0 radical (unpaired) electrons. The van der Waals surface area contributed by atoms with Crippen LogP contribution in [0, 0.1) is 11.3 Å². The molecule has 0 saturated heterocycles. The lowest BCUT2D eigenvalue weighted by Crippen LogP contribution is -2.46. The molecule has 2 aromatic carbocycles. The van der Waals surface area contributed by atoms with Gasteiger partial charge in [0.25, 0.3) is 0 Å². The maximum Gasteiger partial charge on any atom is 0.247 e. The number of aromatic nitrogens is 1. The summed E-state index contributed by atoms with van der Waals surface area (Å²) < 4.78 is 5.90. The van der Waals surface area contributed by atoms with Gasteiger partial charge in [0.1, 0.15) is 22.6 Å². The number of nitrogens with two attached hydrogens (primary N) is 1. The number of fused-ring (bicyclic) bond motifs is 6. The molecule has 1 unspecified atom stereocenters. The highest BCUT2D eigenvalue weighted by atomic mass is 16.5. The lowest BCUT2D eigenvalue weighted by atomic mass is 9.68. The van der Waals surface area contributed by atoms with Gasteiger partial charge in [0.15, 0.2) is 5.75 Å². The van der Waals surface area contributed by atoms with Crippen molar-refractivity contribution < 1.29 is 9.53 Å². The number of ether oxygens (including phenoxy) is 1. The normalized spacial score (nSPS) is 19.9. The SMILES string of the molecule is CCCN1C(=O)C2(C(C#N)=C(N)Oc3c2ccc2cccnc32)c2ccccc21. The van der Waals surface area contributed by atoms with Gasteiger partial charge in [-0.05, 0) is 18.6 Å². The third kappa shape index (κ3) is 2.04. The first-order valence-corrected chi connectivity index (χ1v) is 9.52. The van der Waals surface area contributed by atoms with Crippen LogP contribution in [0.15, 0.2) is 66.2 Å². The first kappa shape index (κ1) is 17.3. The van der Waals surface area contributed by atoms with Crippen molar-refractivity contribution in [3.8, 4) is 11.8 Å². The molecule has 142 valence electrons. The maximum atomic E-state index is 14.0. The minimum Gasteiger partial charge on any atom is -0.438 e. The number of hydrogen-bond acceptors (Lipinski definition) is 5. The number of anilines is 1. The Labute approximate surface area is 167 Å². The molecule has 2 N–H and O–H groups in total. The van der Waals surface area contributed by atoms with Crippen molar-refractivity contribution in [3.63, 3.8) is 0 Å². The summed E-state index contributed by atoms with van der Waals surface area (Å²) in [5.74, 6) is 0.195. The fourth-order valence-corrected chi connectivity index (χ4v) is 4.54. The Morgan fingerprint density at radius 1 is 1.17 bits per heavy atom. The van der Waals surface area contributed by atoms with E-state index >= 15 is 0 Å². The Morgan fingerprint density at radius 3 is 2.79 bits per heavy atom. The van der Waals surface area contributed by atoms with Crippen LogP contribution in [0.3, 0.4) is 0 Å². The van der Waals surface area contributed by atoms with Gasteiger partial charge in [-0.25, -0.2) is 0 Å². The van der Waals surface area contributed by atoms with E-state index in [0.717, 1.165) is 23.1 Å². The molecular weight excluding hydrogens is 364 g/mol. The molecule has 0 aliphatic carbocycles. The summed E-state index contributed by atoms with van der Waals surface area (Å²) in [5, 5.41) is 10.9. The maximum absolute atomic E-state index is 14.0. The molecule has 0 fully saturated rings. The number of benzene rings is 2. The Morgan fingerprint density at radius 2 is 2.00 bits per heavy atom. The van der Waals surface area contributed by atoms with Crippen molar-refractivity contribution in [1.82, 2.24) is 4.98 Å². The molecule has 0 bridgehead atoms. The van der Waals surface area contributed by atoms with Gasteiger partial charge in [-0.3, -0.25) is 9.78 Å². The van der Waals surface area contributed by atoms with E-state index in [1.807, 2.05) is 55.5 Å². The van der Waals surface area contributed by atoms with Gasteiger partial charge in [0.2, 0.25) is 11.8 Å². The molecule has 5 rings (SSSR count). The molecule has 0 saturated carbocycles. The average molecular weight is 382 g/mol. The van der Waals surface area contributed by atoms with Gasteiger partial charge in [-0.15, -0.1) is 0 Å². The summed E-state index contributed by atoms with van der Waals surface area (Å²) in [6.45, 7) is 2.57. The summed E-state index contributed by atoms with van der Waals surface area (Å²) in [6, 6.07) is 17.3. The number of carbonyl (C=O) groups excluding carboxylic acids is 1. The van der Waals surface area contributed by atoms with Gasteiger partial charge in [0, 0.05) is 34.9 Å². The standard InChI is InChI=1S/C23H18N4O2/c1-2-12-27-18-8-4-3-7-15(18)23(22(27)28)16-10-9-14-6-5-11-26-19(14)20(16)29-21(25)17(23)13-24/h3-11H,2,12,25H2,1H3. The third-order valence-corrected chi connectivity index (χ3v) is 5.69. The minimum absolute atomic E-state index is 0.0559. The number of nitriles is 1. The molecule has 6 heteroatoms. The van der Waals surface area contributed by atoms with Crippen LogP contribution in [-0.2, 0) is 10.2 Å². The van der Waals surface area contributed by atoms with Crippen LogP contribution in [0.2, 0.25) is 0 Å². The zero-order valence-corrected chi connectivity index (χ0v) is 15.8. The van der Waals surface area contributed by atoms with E-state index in [1.54, 1.807) is 11.1 Å². The molecular formula is C23H18N4O2. The molecule has 2 aliphatic heterocycles. The minimum atomic E-state index is -1.33. The Kier molecular flexibility index (Phi) is 3.62. The van der Waals surface area contributed by atoms with E-state index < -0.39 is 5.41 Å². The lowest BCUT2D eigenvalue weighted by molar-refractivity contribution is -0.120. The summed E-state index contributed by atoms with van der Waals surface area (Å²) in [4.78, 5) is 20.2. The quantitative estimate of drug-likeness (QED) is 0.734. The van der Waals surface area contributed by atoms with Crippen molar-refractivity contribution in [3.05, 3.63) is 77.3 Å². The monoisotopic (exact) mass is 382 g/mol. The second-order valence-corrected chi connectivity index (χ2v) is 7.19. The molecule has 29 heavy (non-hydrogen) atoms. The van der Waals surface area contributed by atoms with E-state index in [4.69, 9.17) is 10.5 Å². The fourth-order valence-electron chi connectivity index (χ4n) is 4.54. The van der Waals surface area contributed by atoms with Crippen LogP contribution in [0.25, 0.3) is 10.9 Å². The van der Waals surface area contributed by atoms with Crippen molar-refractivity contribution >= 4 is 22.5 Å². The Hall–Kier alpha value is -3.85. The highest BCUT2D eigenvalue weighted by Gasteiger charge is 2.59. The van der Waals surface area contributed by atoms with Crippen molar-refractivity contribution in [2.24, 2.45) is 5.73 Å². The molecule has 3 aromatic rings. The van der Waals surface area contributed by atoms with Gasteiger partial charge in [0.05, 0.1) is 0 Å². The molecule has 1 spiro atoms. The van der Waals surface area contributed by atoms with E-state index in [0.29, 0.717) is 23.4 Å². The second-order valence-electron chi connectivity index (χ2n) is 7.19. The van der Waals surface area contributed by atoms with Crippen LogP contribution in [-0.4, -0.2) is 17.4 Å². The van der Waals surface area contributed by atoms with Crippen molar-refractivity contribution in [1.29, 1.82) is 5.26 Å². The topological polar surface area (TPSA) is 92.2 Å². The van der Waals surface area contributed by atoms with Crippen LogP contribution in [0.1, 0.15) is 24.5 Å². The number of nitrogens with zero attached hydrogens (tertiary/aromatic N) is 3. The van der Waals surface area contributed by atoms with Gasteiger partial charge < -0.3 is 15.4 Å². The highest BCUT2D eigenvalue weighted by Crippen LogP contribution is 2.56. The molecule has 1 amide bonds. The Bertz CT molecular complexity index is 1260. The van der Waals surface area contributed by atoms with Crippen LogP contribution >= 0.6 is 0 Å². The van der Waals surface area contributed by atoms with E-state index in [-0.39, 0.29) is 17.4 Å². The summed E-state index contributed by atoms with van der Waals surface area (Å²) in [5.41, 5.74) is 7.78. The number of pyridine rings is 1. The van der Waals surface area contributed by atoms with Crippen LogP contribution < -0.4 is 15.4 Å². The number of rotatable bonds is 2. The lowest BCUT2D eigenvalue weighted by Gasteiger charge is -2.34. The number of amides is 1. The summed E-state index contributed by atoms with van der Waals surface area (Å²) >= 11 is 0. The van der Waals surface area contributed by atoms with Crippen LogP contribution in [0.4, 0.5) is 5.69 Å². The molecule has 1 aromatic heterocycles. The third-order valence-electron chi connectivity index (χ3n) is 5.69. The first-order chi connectivity index (χ1) is 14.1. The fraction of sp³-hybridized carbons (Fsp3) is 0.174. The Balaban J connectivity index is 1.93. The first-order valence-electron chi connectivity index (χ1n) is 9.52. The van der Waals surface area contributed by atoms with Crippen molar-refractivity contribution in [2.75, 3.05) is 11.4 Å². The second kappa shape index (κ2) is 6.08. The molecule has 2 aliphatic rings.